The van der Waals surface area contributed by atoms with E-state index in [4.69, 9.17) is 11.6 Å². The number of imide groups is 1. The fourth-order valence-corrected chi connectivity index (χ4v) is 4.56. The van der Waals surface area contributed by atoms with Crippen LogP contribution in [0.4, 0.5) is 0 Å². The fourth-order valence-electron chi connectivity index (χ4n) is 4.43. The summed E-state index contributed by atoms with van der Waals surface area (Å²) < 4.78 is 1.69. The van der Waals surface area contributed by atoms with Crippen molar-refractivity contribution in [3.63, 3.8) is 0 Å². The molecule has 2 aliphatic rings. The van der Waals surface area contributed by atoms with Gasteiger partial charge in [0.05, 0.1) is 23.4 Å². The Bertz CT molecular complexity index is 1220. The van der Waals surface area contributed by atoms with Gasteiger partial charge < -0.3 is 4.90 Å². The van der Waals surface area contributed by atoms with E-state index in [1.165, 1.54) is 4.90 Å². The number of aromatic nitrogens is 4. The highest BCUT2D eigenvalue weighted by Crippen LogP contribution is 2.23. The van der Waals surface area contributed by atoms with Crippen molar-refractivity contribution >= 4 is 29.3 Å². The Kier molecular flexibility index (Phi) is 6.56. The quantitative estimate of drug-likeness (QED) is 0.464. The van der Waals surface area contributed by atoms with Gasteiger partial charge in [0.15, 0.2) is 5.82 Å². The average Bonchev–Trinajstić information content (AvgIpc) is 3.43. The highest BCUT2D eigenvalue weighted by atomic mass is 35.5. The Labute approximate surface area is 207 Å². The molecule has 180 valence electrons. The molecule has 0 N–H and O–H groups in total. The Morgan fingerprint density at radius 3 is 2.23 bits per heavy atom. The third-order valence-electron chi connectivity index (χ3n) is 6.35. The molecule has 10 nitrogen and oxygen atoms in total. The highest BCUT2D eigenvalue weighted by molar-refractivity contribution is 6.30. The third-order valence-corrected chi connectivity index (χ3v) is 6.60. The minimum absolute atomic E-state index is 0.0345. The van der Waals surface area contributed by atoms with Gasteiger partial charge in [-0.3, -0.25) is 24.2 Å². The number of hydrogen-bond donors (Lipinski definition) is 0. The van der Waals surface area contributed by atoms with E-state index in [9.17, 15) is 14.4 Å². The van der Waals surface area contributed by atoms with E-state index in [0.717, 1.165) is 5.69 Å². The first-order valence-corrected chi connectivity index (χ1v) is 11.9. The van der Waals surface area contributed by atoms with Gasteiger partial charge in [0, 0.05) is 44.2 Å². The summed E-state index contributed by atoms with van der Waals surface area (Å²) in [6.45, 7) is 3.43. The maximum Gasteiger partial charge on any atom is 0.261 e. The molecule has 0 atom stereocenters. The van der Waals surface area contributed by atoms with Crippen LogP contribution in [0, 0.1) is 0 Å². The molecule has 3 amide bonds. The first kappa shape index (κ1) is 23.1. The van der Waals surface area contributed by atoms with Gasteiger partial charge in [-0.25, -0.2) is 0 Å². The Morgan fingerprint density at radius 1 is 0.914 bits per heavy atom. The summed E-state index contributed by atoms with van der Waals surface area (Å²) in [7, 11) is 0. The van der Waals surface area contributed by atoms with Crippen molar-refractivity contribution in [2.45, 2.75) is 19.4 Å². The first-order valence-electron chi connectivity index (χ1n) is 11.5. The Hall–Kier alpha value is -3.63. The molecule has 0 aliphatic carbocycles. The van der Waals surface area contributed by atoms with Gasteiger partial charge in [0.2, 0.25) is 5.91 Å². The second-order valence-electron chi connectivity index (χ2n) is 8.55. The molecule has 2 aromatic carbocycles. The van der Waals surface area contributed by atoms with E-state index < -0.39 is 0 Å². The molecule has 0 unspecified atom stereocenters. The predicted octanol–water partition coefficient (Wildman–Crippen LogP) is 2.04. The molecule has 5 rings (SSSR count). The maximum atomic E-state index is 12.7. The summed E-state index contributed by atoms with van der Waals surface area (Å²) in [6.07, 6.45) is 0.739. The molecule has 1 fully saturated rings. The lowest BCUT2D eigenvalue weighted by atomic mass is 10.1. The number of tetrazole rings is 1. The van der Waals surface area contributed by atoms with Gasteiger partial charge >= 0.3 is 0 Å². The number of rotatable bonds is 7. The zero-order valence-corrected chi connectivity index (χ0v) is 19.8. The van der Waals surface area contributed by atoms with Gasteiger partial charge in [0.1, 0.15) is 0 Å². The lowest BCUT2D eigenvalue weighted by molar-refractivity contribution is -0.133. The number of halogens is 1. The Balaban J connectivity index is 1.09. The second-order valence-corrected chi connectivity index (χ2v) is 8.99. The predicted molar refractivity (Wildman–Crippen MR) is 127 cm³/mol. The third kappa shape index (κ3) is 4.80. The zero-order valence-electron chi connectivity index (χ0n) is 19.0. The van der Waals surface area contributed by atoms with Gasteiger partial charge in [0.25, 0.3) is 11.8 Å². The molecule has 0 spiro atoms. The molecule has 1 saturated heterocycles. The summed E-state index contributed by atoms with van der Waals surface area (Å²) in [4.78, 5) is 42.9. The molecule has 3 aromatic rings. The van der Waals surface area contributed by atoms with Gasteiger partial charge in [-0.1, -0.05) is 23.7 Å². The molecule has 0 radical (unpaired) electrons. The van der Waals surface area contributed by atoms with Crippen LogP contribution in [0.5, 0.6) is 0 Å². The molecular weight excluding hydrogens is 470 g/mol. The van der Waals surface area contributed by atoms with E-state index in [1.807, 2.05) is 17.0 Å². The summed E-state index contributed by atoms with van der Waals surface area (Å²) >= 11 is 5.97. The lowest BCUT2D eigenvalue weighted by Crippen LogP contribution is -2.48. The van der Waals surface area contributed by atoms with Crippen LogP contribution in [0.15, 0.2) is 48.5 Å². The molecular formula is C24H24ClN7O3. The van der Waals surface area contributed by atoms with E-state index in [0.29, 0.717) is 67.5 Å². The number of benzene rings is 2. The highest BCUT2D eigenvalue weighted by Gasteiger charge is 2.34. The standard InChI is InChI=1S/C24H24ClN7O3/c25-17-7-9-18(10-8-17)32-21(26-27-28-32)16-29-12-14-30(15-13-29)22(33)6-3-11-31-23(34)19-4-1-2-5-20(19)24(31)35/h1-2,4-5,7-10H,3,6,11-16H2. The maximum absolute atomic E-state index is 12.7. The number of hydrogen-bond acceptors (Lipinski definition) is 7. The molecule has 11 heteroatoms. The molecule has 1 aromatic heterocycles. The monoisotopic (exact) mass is 493 g/mol. The van der Waals surface area contributed by atoms with E-state index in [-0.39, 0.29) is 24.3 Å². The number of nitrogens with zero attached hydrogens (tertiary/aromatic N) is 7. The van der Waals surface area contributed by atoms with Crippen molar-refractivity contribution in [2.24, 2.45) is 0 Å². The van der Waals surface area contributed by atoms with Crippen molar-refractivity contribution < 1.29 is 14.4 Å². The van der Waals surface area contributed by atoms with Crippen LogP contribution in [-0.2, 0) is 11.3 Å². The van der Waals surface area contributed by atoms with Crippen LogP contribution in [-0.4, -0.2) is 85.4 Å². The number of carbonyl (C=O) groups is 3. The second kappa shape index (κ2) is 9.93. The van der Waals surface area contributed by atoms with Crippen molar-refractivity contribution in [1.29, 1.82) is 0 Å². The molecule has 3 heterocycles. The smallest absolute Gasteiger partial charge is 0.261 e. The molecule has 0 bridgehead atoms. The van der Waals surface area contributed by atoms with Crippen LogP contribution >= 0.6 is 11.6 Å². The van der Waals surface area contributed by atoms with Crippen LogP contribution < -0.4 is 0 Å². The molecule has 35 heavy (non-hydrogen) atoms. The zero-order chi connectivity index (χ0) is 24.4. The minimum atomic E-state index is -0.285. The van der Waals surface area contributed by atoms with Crippen molar-refractivity contribution in [1.82, 2.24) is 34.9 Å². The number of piperazine rings is 1. The van der Waals surface area contributed by atoms with Crippen LogP contribution in [0.2, 0.25) is 5.02 Å². The Morgan fingerprint density at radius 2 is 1.57 bits per heavy atom. The average molecular weight is 494 g/mol. The topological polar surface area (TPSA) is 105 Å². The summed E-state index contributed by atoms with van der Waals surface area (Å²) in [5, 5.41) is 12.7. The van der Waals surface area contributed by atoms with Crippen LogP contribution in [0.3, 0.4) is 0 Å². The number of fused-ring (bicyclic) bond motifs is 1. The van der Waals surface area contributed by atoms with E-state index in [2.05, 4.69) is 20.4 Å². The van der Waals surface area contributed by atoms with E-state index in [1.54, 1.807) is 41.1 Å². The first-order chi connectivity index (χ1) is 17.0. The van der Waals surface area contributed by atoms with Gasteiger partial charge in [-0.2, -0.15) is 4.68 Å². The normalized spacial score (nSPS) is 16.1. The number of amides is 3. The SMILES string of the molecule is O=C(CCCN1C(=O)c2ccccc2C1=O)N1CCN(Cc2nnnn2-c2ccc(Cl)cc2)CC1. The summed E-state index contributed by atoms with van der Waals surface area (Å²) in [5.74, 6) is 0.181. The molecule has 2 aliphatic heterocycles. The summed E-state index contributed by atoms with van der Waals surface area (Å²) in [6, 6.07) is 14.1. The van der Waals surface area contributed by atoms with Crippen LogP contribution in [0.1, 0.15) is 39.4 Å². The van der Waals surface area contributed by atoms with Gasteiger partial charge in [-0.05, 0) is 53.2 Å². The van der Waals surface area contributed by atoms with E-state index >= 15 is 0 Å². The summed E-state index contributed by atoms with van der Waals surface area (Å²) in [5.41, 5.74) is 1.70. The van der Waals surface area contributed by atoms with Gasteiger partial charge in [-0.15, -0.1) is 5.10 Å². The fraction of sp³-hybridized carbons (Fsp3) is 0.333. The number of carbonyl (C=O) groups excluding carboxylic acids is 3. The van der Waals surface area contributed by atoms with Crippen molar-refractivity contribution in [2.75, 3.05) is 32.7 Å². The van der Waals surface area contributed by atoms with Crippen molar-refractivity contribution in [3.8, 4) is 5.69 Å². The van der Waals surface area contributed by atoms with Crippen molar-refractivity contribution in [3.05, 3.63) is 70.5 Å². The minimum Gasteiger partial charge on any atom is -0.340 e. The van der Waals surface area contributed by atoms with Crippen LogP contribution in [0.25, 0.3) is 5.69 Å². The lowest BCUT2D eigenvalue weighted by Gasteiger charge is -2.34. The largest absolute Gasteiger partial charge is 0.340 e. The molecule has 0 saturated carbocycles.